The van der Waals surface area contributed by atoms with Gasteiger partial charge in [-0.25, -0.2) is 0 Å². The SMILES string of the molecule is COc1ccc(C(C)(c2ccc(CO)cc2)[C@@H](N)C(C)C)cc1. The molecule has 0 radical (unpaired) electrons. The molecule has 23 heavy (non-hydrogen) atoms. The average Bonchev–Trinajstić information content (AvgIpc) is 2.60. The summed E-state index contributed by atoms with van der Waals surface area (Å²) < 4.78 is 5.27. The van der Waals surface area contributed by atoms with Crippen LogP contribution in [0.3, 0.4) is 0 Å². The van der Waals surface area contributed by atoms with Crippen LogP contribution in [0.25, 0.3) is 0 Å². The van der Waals surface area contributed by atoms with E-state index in [-0.39, 0.29) is 18.1 Å². The van der Waals surface area contributed by atoms with E-state index in [0.717, 1.165) is 22.4 Å². The highest BCUT2D eigenvalue weighted by Crippen LogP contribution is 2.38. The Labute approximate surface area is 139 Å². The highest BCUT2D eigenvalue weighted by molar-refractivity contribution is 5.43. The van der Waals surface area contributed by atoms with Crippen molar-refractivity contribution in [3.63, 3.8) is 0 Å². The maximum atomic E-state index is 9.26. The number of rotatable bonds is 6. The summed E-state index contributed by atoms with van der Waals surface area (Å²) in [6.07, 6.45) is 0. The molecule has 3 heteroatoms. The van der Waals surface area contributed by atoms with Gasteiger partial charge >= 0.3 is 0 Å². The zero-order valence-corrected chi connectivity index (χ0v) is 14.4. The molecule has 1 unspecified atom stereocenters. The lowest BCUT2D eigenvalue weighted by atomic mass is 9.67. The van der Waals surface area contributed by atoms with Crippen molar-refractivity contribution in [1.82, 2.24) is 0 Å². The lowest BCUT2D eigenvalue weighted by molar-refractivity contribution is 0.281. The molecule has 0 aliphatic heterocycles. The maximum absolute atomic E-state index is 9.26. The molecule has 0 aliphatic rings. The van der Waals surface area contributed by atoms with Crippen molar-refractivity contribution in [2.75, 3.05) is 7.11 Å². The van der Waals surface area contributed by atoms with Crippen molar-refractivity contribution in [3.8, 4) is 5.75 Å². The van der Waals surface area contributed by atoms with E-state index in [0.29, 0.717) is 5.92 Å². The molecule has 2 aromatic rings. The number of methoxy groups -OCH3 is 1. The van der Waals surface area contributed by atoms with Gasteiger partial charge in [0.15, 0.2) is 0 Å². The molecule has 0 saturated heterocycles. The van der Waals surface area contributed by atoms with Crippen LogP contribution in [0, 0.1) is 5.92 Å². The topological polar surface area (TPSA) is 55.5 Å². The minimum atomic E-state index is -0.311. The molecule has 2 atom stereocenters. The third-order valence-corrected chi connectivity index (χ3v) is 4.81. The number of hydrogen-bond donors (Lipinski definition) is 2. The first-order chi connectivity index (χ1) is 10.9. The fourth-order valence-electron chi connectivity index (χ4n) is 3.11. The first-order valence-electron chi connectivity index (χ1n) is 8.03. The second-order valence-corrected chi connectivity index (χ2v) is 6.56. The molecule has 0 amide bonds. The quantitative estimate of drug-likeness (QED) is 0.858. The third-order valence-electron chi connectivity index (χ3n) is 4.81. The number of nitrogens with two attached hydrogens (primary N) is 1. The highest BCUT2D eigenvalue weighted by atomic mass is 16.5. The van der Waals surface area contributed by atoms with E-state index in [2.05, 4.69) is 45.0 Å². The summed E-state index contributed by atoms with van der Waals surface area (Å²) in [5.74, 6) is 1.17. The molecule has 124 valence electrons. The lowest BCUT2D eigenvalue weighted by Crippen LogP contribution is -2.47. The Hall–Kier alpha value is -1.84. The number of ether oxygens (including phenoxy) is 1. The van der Waals surface area contributed by atoms with Gasteiger partial charge in [0, 0.05) is 11.5 Å². The van der Waals surface area contributed by atoms with E-state index < -0.39 is 0 Å². The van der Waals surface area contributed by atoms with Crippen LogP contribution in [-0.4, -0.2) is 18.3 Å². The standard InChI is InChI=1S/C20H27NO2/c1-14(2)19(21)20(3,16-7-5-15(13-22)6-8-16)17-9-11-18(23-4)12-10-17/h5-12,14,19,22H,13,21H2,1-4H3/t19-,20?/m0/s1. The van der Waals surface area contributed by atoms with Crippen LogP contribution in [0.15, 0.2) is 48.5 Å². The van der Waals surface area contributed by atoms with Gasteiger partial charge in [-0.3, -0.25) is 0 Å². The molecule has 0 heterocycles. The molecule has 0 fully saturated rings. The molecule has 0 aromatic heterocycles. The van der Waals surface area contributed by atoms with Crippen LogP contribution in [0.5, 0.6) is 5.75 Å². The number of aliphatic hydroxyl groups excluding tert-OH is 1. The number of hydrogen-bond acceptors (Lipinski definition) is 3. The summed E-state index contributed by atoms with van der Waals surface area (Å²) in [5.41, 5.74) is 9.53. The highest BCUT2D eigenvalue weighted by Gasteiger charge is 2.37. The van der Waals surface area contributed by atoms with Gasteiger partial charge in [0.1, 0.15) is 5.75 Å². The first kappa shape index (κ1) is 17.5. The molecule has 2 rings (SSSR count). The molecule has 0 saturated carbocycles. The fraction of sp³-hybridized carbons (Fsp3) is 0.400. The van der Waals surface area contributed by atoms with Crippen molar-refractivity contribution >= 4 is 0 Å². The summed E-state index contributed by atoms with van der Waals surface area (Å²) in [5, 5.41) is 9.26. The number of benzene rings is 2. The summed E-state index contributed by atoms with van der Waals surface area (Å²) >= 11 is 0. The molecule has 0 spiro atoms. The van der Waals surface area contributed by atoms with Crippen molar-refractivity contribution in [1.29, 1.82) is 0 Å². The monoisotopic (exact) mass is 313 g/mol. The van der Waals surface area contributed by atoms with E-state index in [1.54, 1.807) is 7.11 Å². The first-order valence-corrected chi connectivity index (χ1v) is 8.03. The fourth-order valence-corrected chi connectivity index (χ4v) is 3.11. The lowest BCUT2D eigenvalue weighted by Gasteiger charge is -2.39. The minimum absolute atomic E-state index is 0.0316. The van der Waals surface area contributed by atoms with Gasteiger partial charge < -0.3 is 15.6 Å². The predicted molar refractivity (Wildman–Crippen MR) is 94.6 cm³/mol. The molecule has 2 aromatic carbocycles. The van der Waals surface area contributed by atoms with Gasteiger partial charge in [-0.1, -0.05) is 50.2 Å². The molecule has 3 N–H and O–H groups in total. The minimum Gasteiger partial charge on any atom is -0.497 e. The number of aliphatic hydroxyl groups is 1. The van der Waals surface area contributed by atoms with E-state index in [1.807, 2.05) is 24.3 Å². The third kappa shape index (κ3) is 3.41. The second-order valence-electron chi connectivity index (χ2n) is 6.56. The Morgan fingerprint density at radius 1 is 1.00 bits per heavy atom. The Kier molecular flexibility index (Phi) is 5.45. The summed E-state index contributed by atoms with van der Waals surface area (Å²) in [6, 6.07) is 16.1. The van der Waals surface area contributed by atoms with Gasteiger partial charge in [-0.05, 0) is 41.7 Å². The predicted octanol–water partition coefficient (Wildman–Crippen LogP) is 3.48. The van der Waals surface area contributed by atoms with E-state index in [4.69, 9.17) is 10.5 Å². The molecule has 0 bridgehead atoms. The van der Waals surface area contributed by atoms with Crippen LogP contribution in [0.1, 0.15) is 37.5 Å². The molecular weight excluding hydrogens is 286 g/mol. The Bertz CT molecular complexity index is 570. The van der Waals surface area contributed by atoms with Gasteiger partial charge in [-0.2, -0.15) is 0 Å². The van der Waals surface area contributed by atoms with Crippen LogP contribution >= 0.6 is 0 Å². The van der Waals surface area contributed by atoms with Gasteiger partial charge in [0.2, 0.25) is 0 Å². The Balaban J connectivity index is 2.53. The van der Waals surface area contributed by atoms with Gasteiger partial charge in [0.05, 0.1) is 13.7 Å². The van der Waals surface area contributed by atoms with Gasteiger partial charge in [-0.15, -0.1) is 0 Å². The largest absolute Gasteiger partial charge is 0.497 e. The van der Waals surface area contributed by atoms with E-state index >= 15 is 0 Å². The van der Waals surface area contributed by atoms with Crippen molar-refractivity contribution in [2.24, 2.45) is 11.7 Å². The van der Waals surface area contributed by atoms with E-state index in [1.165, 1.54) is 0 Å². The van der Waals surface area contributed by atoms with Crippen molar-refractivity contribution < 1.29 is 9.84 Å². The van der Waals surface area contributed by atoms with Crippen LogP contribution < -0.4 is 10.5 Å². The second kappa shape index (κ2) is 7.16. The summed E-state index contributed by atoms with van der Waals surface area (Å²) in [6.45, 7) is 6.53. The summed E-state index contributed by atoms with van der Waals surface area (Å²) in [4.78, 5) is 0. The summed E-state index contributed by atoms with van der Waals surface area (Å²) in [7, 11) is 1.67. The molecule has 0 aliphatic carbocycles. The van der Waals surface area contributed by atoms with Crippen LogP contribution in [0.4, 0.5) is 0 Å². The average molecular weight is 313 g/mol. The molecular formula is C20H27NO2. The smallest absolute Gasteiger partial charge is 0.118 e. The van der Waals surface area contributed by atoms with Crippen molar-refractivity contribution in [2.45, 2.75) is 38.8 Å². The van der Waals surface area contributed by atoms with Crippen LogP contribution in [0.2, 0.25) is 0 Å². The van der Waals surface area contributed by atoms with Crippen LogP contribution in [-0.2, 0) is 12.0 Å². The Morgan fingerprint density at radius 2 is 1.48 bits per heavy atom. The maximum Gasteiger partial charge on any atom is 0.118 e. The van der Waals surface area contributed by atoms with E-state index in [9.17, 15) is 5.11 Å². The zero-order chi connectivity index (χ0) is 17.0. The normalized spacial score (nSPS) is 15.3. The van der Waals surface area contributed by atoms with Crippen molar-refractivity contribution in [3.05, 3.63) is 65.2 Å². The molecule has 3 nitrogen and oxygen atoms in total. The zero-order valence-electron chi connectivity index (χ0n) is 14.4. The van der Waals surface area contributed by atoms with Gasteiger partial charge in [0.25, 0.3) is 0 Å². The Morgan fingerprint density at radius 3 is 1.87 bits per heavy atom.